The summed E-state index contributed by atoms with van der Waals surface area (Å²) < 4.78 is 5.25. The molecule has 1 aliphatic heterocycles. The Morgan fingerprint density at radius 3 is 2.82 bits per heavy atom. The van der Waals surface area contributed by atoms with E-state index in [4.69, 9.17) is 4.74 Å². The third kappa shape index (κ3) is 3.87. The van der Waals surface area contributed by atoms with E-state index in [1.54, 1.807) is 7.11 Å². The van der Waals surface area contributed by atoms with Gasteiger partial charge >= 0.3 is 0 Å². The maximum absolute atomic E-state index is 5.25. The average Bonchev–Trinajstić information content (AvgIpc) is 2.59. The molecule has 22 heavy (non-hydrogen) atoms. The van der Waals surface area contributed by atoms with Gasteiger partial charge in [-0.2, -0.15) is 0 Å². The van der Waals surface area contributed by atoms with Gasteiger partial charge in [0.1, 0.15) is 5.75 Å². The van der Waals surface area contributed by atoms with Crippen molar-refractivity contribution >= 4 is 0 Å². The molecule has 3 heteroatoms. The van der Waals surface area contributed by atoms with Crippen LogP contribution in [-0.2, 0) is 19.5 Å². The van der Waals surface area contributed by atoms with Crippen molar-refractivity contribution < 1.29 is 4.74 Å². The van der Waals surface area contributed by atoms with Gasteiger partial charge in [-0.15, -0.1) is 0 Å². The lowest BCUT2D eigenvalue weighted by Gasteiger charge is -2.28. The van der Waals surface area contributed by atoms with Crippen molar-refractivity contribution in [1.29, 1.82) is 0 Å². The van der Waals surface area contributed by atoms with Crippen LogP contribution in [0, 0.1) is 0 Å². The topological polar surface area (TPSA) is 24.5 Å². The molecular formula is C19H24N2O. The van der Waals surface area contributed by atoms with Gasteiger partial charge < -0.3 is 10.1 Å². The fourth-order valence-corrected chi connectivity index (χ4v) is 3.00. The molecule has 2 aromatic rings. The Balaban J connectivity index is 1.42. The summed E-state index contributed by atoms with van der Waals surface area (Å²) in [7, 11) is 1.71. The van der Waals surface area contributed by atoms with Crippen molar-refractivity contribution in [1.82, 2.24) is 10.2 Å². The normalized spacial score (nSPS) is 14.6. The Kier molecular flexibility index (Phi) is 5.09. The van der Waals surface area contributed by atoms with Gasteiger partial charge in [0.05, 0.1) is 7.11 Å². The van der Waals surface area contributed by atoms with E-state index in [-0.39, 0.29) is 0 Å². The van der Waals surface area contributed by atoms with Crippen LogP contribution in [0.1, 0.15) is 16.7 Å². The molecule has 3 rings (SSSR count). The predicted octanol–water partition coefficient (Wildman–Crippen LogP) is 2.84. The largest absolute Gasteiger partial charge is 0.497 e. The fourth-order valence-electron chi connectivity index (χ4n) is 3.00. The highest BCUT2D eigenvalue weighted by molar-refractivity contribution is 5.29. The van der Waals surface area contributed by atoms with E-state index in [2.05, 4.69) is 46.6 Å². The zero-order valence-corrected chi connectivity index (χ0v) is 13.2. The summed E-state index contributed by atoms with van der Waals surface area (Å²) in [4.78, 5) is 2.53. The summed E-state index contributed by atoms with van der Waals surface area (Å²) in [6.07, 6.45) is 1.17. The van der Waals surface area contributed by atoms with Gasteiger partial charge in [0.15, 0.2) is 0 Å². The van der Waals surface area contributed by atoms with Crippen LogP contribution in [0.4, 0.5) is 0 Å². The van der Waals surface area contributed by atoms with Gasteiger partial charge in [-0.1, -0.05) is 36.4 Å². The first-order chi connectivity index (χ1) is 10.8. The summed E-state index contributed by atoms with van der Waals surface area (Å²) in [5.74, 6) is 0.923. The Bertz CT molecular complexity index is 612. The first-order valence-corrected chi connectivity index (χ1v) is 7.98. The van der Waals surface area contributed by atoms with Crippen molar-refractivity contribution in [3.63, 3.8) is 0 Å². The molecule has 0 unspecified atom stereocenters. The van der Waals surface area contributed by atoms with E-state index in [0.717, 1.165) is 38.5 Å². The van der Waals surface area contributed by atoms with Crippen LogP contribution in [0.3, 0.4) is 0 Å². The Hall–Kier alpha value is -1.84. The van der Waals surface area contributed by atoms with Crippen LogP contribution in [0.5, 0.6) is 5.75 Å². The second kappa shape index (κ2) is 7.43. The molecule has 3 nitrogen and oxygen atoms in total. The lowest BCUT2D eigenvalue weighted by atomic mass is 10.00. The molecule has 0 spiro atoms. The average molecular weight is 296 g/mol. The number of methoxy groups -OCH3 is 1. The first-order valence-electron chi connectivity index (χ1n) is 7.98. The van der Waals surface area contributed by atoms with E-state index in [1.807, 2.05) is 12.1 Å². The van der Waals surface area contributed by atoms with Gasteiger partial charge in [-0.25, -0.2) is 0 Å². The second-order valence-electron chi connectivity index (χ2n) is 5.82. The minimum Gasteiger partial charge on any atom is -0.497 e. The zero-order chi connectivity index (χ0) is 15.2. The van der Waals surface area contributed by atoms with Crippen LogP contribution in [0.2, 0.25) is 0 Å². The van der Waals surface area contributed by atoms with E-state index < -0.39 is 0 Å². The number of rotatable bonds is 6. The van der Waals surface area contributed by atoms with Gasteiger partial charge in [-0.05, 0) is 35.2 Å². The molecule has 0 aromatic heterocycles. The Morgan fingerprint density at radius 1 is 1.09 bits per heavy atom. The molecule has 0 bridgehead atoms. The van der Waals surface area contributed by atoms with Crippen LogP contribution in [0.25, 0.3) is 0 Å². The third-order valence-electron chi connectivity index (χ3n) is 4.28. The quantitative estimate of drug-likeness (QED) is 0.830. The molecule has 0 amide bonds. The second-order valence-corrected chi connectivity index (χ2v) is 5.82. The van der Waals surface area contributed by atoms with Crippen molar-refractivity contribution in [2.24, 2.45) is 0 Å². The molecule has 0 saturated heterocycles. The van der Waals surface area contributed by atoms with Crippen LogP contribution in [-0.4, -0.2) is 31.6 Å². The summed E-state index contributed by atoms with van der Waals surface area (Å²) in [5, 5.41) is 3.53. The number of ether oxygens (including phenoxy) is 1. The lowest BCUT2D eigenvalue weighted by Crippen LogP contribution is -2.35. The summed E-state index contributed by atoms with van der Waals surface area (Å²) >= 11 is 0. The molecule has 1 heterocycles. The smallest absolute Gasteiger partial charge is 0.119 e. The number of benzene rings is 2. The van der Waals surface area contributed by atoms with Crippen LogP contribution in [0.15, 0.2) is 48.5 Å². The minimum absolute atomic E-state index is 0.891. The van der Waals surface area contributed by atoms with Crippen LogP contribution < -0.4 is 10.1 Å². The molecule has 0 radical (unpaired) electrons. The fraction of sp³-hybridized carbons (Fsp3) is 0.368. The molecule has 1 N–H and O–H groups in total. The summed E-state index contributed by atoms with van der Waals surface area (Å²) in [6, 6.07) is 17.0. The highest BCUT2D eigenvalue weighted by Crippen LogP contribution is 2.17. The molecule has 0 aliphatic carbocycles. The maximum Gasteiger partial charge on any atom is 0.119 e. The lowest BCUT2D eigenvalue weighted by molar-refractivity contribution is 0.254. The van der Waals surface area contributed by atoms with Crippen LogP contribution >= 0.6 is 0 Å². The predicted molar refractivity (Wildman–Crippen MR) is 90.1 cm³/mol. The number of nitrogens with zero attached hydrogens (tertiary/aromatic N) is 1. The molecule has 0 saturated carbocycles. The SMILES string of the molecule is COc1cccc(CNCCN2CCc3ccccc3C2)c1. The summed E-state index contributed by atoms with van der Waals surface area (Å²) in [6.45, 7) is 5.24. The van der Waals surface area contributed by atoms with E-state index in [1.165, 1.54) is 23.1 Å². The van der Waals surface area contributed by atoms with Gasteiger partial charge in [-0.3, -0.25) is 4.90 Å². The monoisotopic (exact) mass is 296 g/mol. The Labute approximate surface area is 132 Å². The minimum atomic E-state index is 0.891. The van der Waals surface area contributed by atoms with Crippen molar-refractivity contribution in [3.8, 4) is 5.75 Å². The Morgan fingerprint density at radius 2 is 1.95 bits per heavy atom. The zero-order valence-electron chi connectivity index (χ0n) is 13.2. The number of nitrogens with one attached hydrogen (secondary N) is 1. The van der Waals surface area contributed by atoms with E-state index >= 15 is 0 Å². The van der Waals surface area contributed by atoms with Gasteiger partial charge in [0.2, 0.25) is 0 Å². The van der Waals surface area contributed by atoms with E-state index in [9.17, 15) is 0 Å². The molecular weight excluding hydrogens is 272 g/mol. The highest BCUT2D eigenvalue weighted by atomic mass is 16.5. The van der Waals surface area contributed by atoms with Gasteiger partial charge in [0, 0.05) is 32.7 Å². The molecule has 0 atom stereocenters. The maximum atomic E-state index is 5.25. The number of hydrogen-bond donors (Lipinski definition) is 1. The first kappa shape index (κ1) is 15.1. The van der Waals surface area contributed by atoms with Crippen molar-refractivity contribution in [3.05, 3.63) is 65.2 Å². The van der Waals surface area contributed by atoms with Crippen molar-refractivity contribution in [2.45, 2.75) is 19.5 Å². The summed E-state index contributed by atoms with van der Waals surface area (Å²) in [5.41, 5.74) is 4.27. The van der Waals surface area contributed by atoms with Crippen molar-refractivity contribution in [2.75, 3.05) is 26.7 Å². The molecule has 1 aliphatic rings. The third-order valence-corrected chi connectivity index (χ3v) is 4.28. The standard InChI is InChI=1S/C19H24N2O/c1-22-19-8-4-5-16(13-19)14-20-10-12-21-11-9-17-6-2-3-7-18(17)15-21/h2-8,13,20H,9-12,14-15H2,1H3. The molecule has 116 valence electrons. The molecule has 2 aromatic carbocycles. The van der Waals surface area contributed by atoms with E-state index in [0.29, 0.717) is 0 Å². The highest BCUT2D eigenvalue weighted by Gasteiger charge is 2.14. The van der Waals surface area contributed by atoms with Gasteiger partial charge in [0.25, 0.3) is 0 Å². The number of hydrogen-bond acceptors (Lipinski definition) is 3. The number of fused-ring (bicyclic) bond motifs is 1. The molecule has 0 fully saturated rings.